The molecule has 0 fully saturated rings. The minimum absolute atomic E-state index is 0.0785. The lowest BCUT2D eigenvalue weighted by atomic mass is 10.2. The Labute approximate surface area is 317 Å². The van der Waals surface area contributed by atoms with E-state index in [1.807, 2.05) is 0 Å². The number of carbonyl (C=O) groups is 2. The molecule has 0 spiro atoms. The van der Waals surface area contributed by atoms with Gasteiger partial charge in [0.05, 0.1) is 11.2 Å². The molecule has 0 unspecified atom stereocenters. The first kappa shape index (κ1) is 40.8. The summed E-state index contributed by atoms with van der Waals surface area (Å²) >= 11 is 5.78. The fourth-order valence-electron chi connectivity index (χ4n) is 4.44. The zero-order chi connectivity index (χ0) is 39.1. The topological polar surface area (TPSA) is 204 Å². The molecule has 0 aliphatic carbocycles. The van der Waals surface area contributed by atoms with E-state index in [4.69, 9.17) is 40.8 Å². The number of sulfonamides is 2. The molecular formula is C37H35ClN2O12S2. The number of para-hydroxylation sites is 2. The van der Waals surface area contributed by atoms with Crippen molar-refractivity contribution >= 4 is 55.0 Å². The van der Waals surface area contributed by atoms with E-state index in [1.165, 1.54) is 36.4 Å². The Kier molecular flexibility index (Phi) is 14.5. The highest BCUT2D eigenvalue weighted by molar-refractivity contribution is 7.92. The molecule has 0 saturated carbocycles. The number of rotatable bonds is 17. The quantitative estimate of drug-likeness (QED) is 0.0744. The minimum Gasteiger partial charge on any atom is -0.490 e. The summed E-state index contributed by atoms with van der Waals surface area (Å²) in [6.07, 6.45) is 1.07. The van der Waals surface area contributed by atoms with Gasteiger partial charge in [0.25, 0.3) is 10.0 Å². The lowest BCUT2D eigenvalue weighted by Crippen LogP contribution is -2.13. The summed E-state index contributed by atoms with van der Waals surface area (Å²) in [4.78, 5) is 22.3. The molecule has 0 amide bonds. The molecule has 5 rings (SSSR count). The zero-order valence-corrected chi connectivity index (χ0v) is 30.9. The fraction of sp³-hybridized carbons (Fsp3) is 0.135. The average molecular weight is 799 g/mol. The summed E-state index contributed by atoms with van der Waals surface area (Å²) in [6.45, 7) is 0.722. The monoisotopic (exact) mass is 798 g/mol. The first-order valence-corrected chi connectivity index (χ1v) is 19.6. The van der Waals surface area contributed by atoms with Gasteiger partial charge in [-0.3, -0.25) is 9.44 Å². The van der Waals surface area contributed by atoms with Crippen LogP contribution < -0.4 is 28.4 Å². The Morgan fingerprint density at radius 1 is 0.556 bits per heavy atom. The molecule has 284 valence electrons. The molecule has 0 saturated heterocycles. The van der Waals surface area contributed by atoms with Crippen LogP contribution in [0.25, 0.3) is 0 Å². The summed E-state index contributed by atoms with van der Waals surface area (Å²) in [5, 5.41) is 18.6. The second-order valence-electron chi connectivity index (χ2n) is 11.0. The zero-order valence-electron chi connectivity index (χ0n) is 28.5. The molecular weight excluding hydrogens is 764 g/mol. The van der Waals surface area contributed by atoms with Gasteiger partial charge in [0.15, 0.2) is 0 Å². The van der Waals surface area contributed by atoms with Crippen LogP contribution in [0.4, 0.5) is 11.4 Å². The van der Waals surface area contributed by atoms with Crippen molar-refractivity contribution in [2.75, 3.05) is 42.1 Å². The van der Waals surface area contributed by atoms with Crippen LogP contribution in [0.15, 0.2) is 126 Å². The molecule has 0 aromatic heterocycles. The molecule has 4 N–H and O–H groups in total. The van der Waals surface area contributed by atoms with Gasteiger partial charge in [0.1, 0.15) is 60.6 Å². The summed E-state index contributed by atoms with van der Waals surface area (Å²) < 4.78 is 73.7. The van der Waals surface area contributed by atoms with Crippen LogP contribution in [0, 0.1) is 0 Å². The number of aromatic carboxylic acids is 2. The van der Waals surface area contributed by atoms with Gasteiger partial charge in [-0.2, -0.15) is 0 Å². The molecule has 0 aliphatic heterocycles. The smallest absolute Gasteiger partial charge is 0.339 e. The predicted octanol–water partition coefficient (Wildman–Crippen LogP) is 6.51. The van der Waals surface area contributed by atoms with Crippen molar-refractivity contribution in [2.45, 2.75) is 4.90 Å². The third-order valence-corrected chi connectivity index (χ3v) is 9.10. The van der Waals surface area contributed by atoms with Crippen molar-refractivity contribution in [2.24, 2.45) is 0 Å². The maximum atomic E-state index is 12.4. The van der Waals surface area contributed by atoms with Crippen LogP contribution in [0.5, 0.6) is 23.0 Å². The van der Waals surface area contributed by atoms with E-state index in [1.54, 1.807) is 84.9 Å². The molecule has 54 heavy (non-hydrogen) atoms. The minimum atomic E-state index is -3.72. The van der Waals surface area contributed by atoms with Gasteiger partial charge in [0.2, 0.25) is 10.0 Å². The molecule has 0 radical (unpaired) electrons. The highest BCUT2D eigenvalue weighted by Gasteiger charge is 2.14. The summed E-state index contributed by atoms with van der Waals surface area (Å²) in [5.74, 6) is -0.519. The number of hydrogen-bond donors (Lipinski definition) is 4. The maximum absolute atomic E-state index is 12.4. The number of carboxylic acid groups (broad SMARTS) is 2. The molecule has 14 nitrogen and oxygen atoms in total. The van der Waals surface area contributed by atoms with Gasteiger partial charge in [-0.25, -0.2) is 26.4 Å². The van der Waals surface area contributed by atoms with Crippen LogP contribution in [-0.2, 0) is 20.0 Å². The summed E-state index contributed by atoms with van der Waals surface area (Å²) in [6, 6.07) is 31.3. The van der Waals surface area contributed by atoms with E-state index in [9.17, 15) is 26.4 Å². The number of benzene rings is 5. The SMILES string of the molecule is CS(=O)(=O)Nc1ccc(OCCOc2ccccc2C(=O)O)cc1.O=C(O)c1ccccc1OCCOc1ccc(NS(=O)(=O)c2ccc(Cl)cc2)cc1. The molecule has 17 heteroatoms. The highest BCUT2D eigenvalue weighted by atomic mass is 35.5. The highest BCUT2D eigenvalue weighted by Crippen LogP contribution is 2.22. The van der Waals surface area contributed by atoms with Crippen molar-refractivity contribution in [1.29, 1.82) is 0 Å². The molecule has 0 heterocycles. The number of carboxylic acids is 2. The van der Waals surface area contributed by atoms with Crippen LogP contribution in [0.2, 0.25) is 5.02 Å². The lowest BCUT2D eigenvalue weighted by Gasteiger charge is -2.11. The van der Waals surface area contributed by atoms with Crippen molar-refractivity contribution in [3.8, 4) is 23.0 Å². The maximum Gasteiger partial charge on any atom is 0.339 e. The van der Waals surface area contributed by atoms with Crippen molar-refractivity contribution in [3.05, 3.63) is 137 Å². The van der Waals surface area contributed by atoms with E-state index in [2.05, 4.69) is 9.44 Å². The van der Waals surface area contributed by atoms with Crippen molar-refractivity contribution < 1.29 is 55.6 Å². The van der Waals surface area contributed by atoms with Crippen LogP contribution in [0.3, 0.4) is 0 Å². The third kappa shape index (κ3) is 13.2. The van der Waals surface area contributed by atoms with Crippen LogP contribution in [-0.4, -0.2) is 71.7 Å². The number of ether oxygens (including phenoxy) is 4. The van der Waals surface area contributed by atoms with Crippen LogP contribution >= 0.6 is 11.6 Å². The Morgan fingerprint density at radius 3 is 1.35 bits per heavy atom. The van der Waals surface area contributed by atoms with Crippen molar-refractivity contribution in [1.82, 2.24) is 0 Å². The summed E-state index contributed by atoms with van der Waals surface area (Å²) in [5.41, 5.74) is 0.990. The number of halogens is 1. The van der Waals surface area contributed by atoms with Gasteiger partial charge < -0.3 is 29.2 Å². The first-order chi connectivity index (χ1) is 25.7. The van der Waals surface area contributed by atoms with Gasteiger partial charge in [0, 0.05) is 16.4 Å². The van der Waals surface area contributed by atoms with E-state index < -0.39 is 32.0 Å². The largest absolute Gasteiger partial charge is 0.490 e. The molecule has 0 atom stereocenters. The molecule has 0 aliphatic rings. The van der Waals surface area contributed by atoms with E-state index in [0.29, 0.717) is 27.9 Å². The Hall–Kier alpha value is -5.97. The van der Waals surface area contributed by atoms with Crippen LogP contribution in [0.1, 0.15) is 20.7 Å². The molecule has 5 aromatic rings. The fourth-order valence-corrected chi connectivity index (χ4v) is 6.19. The van der Waals surface area contributed by atoms with E-state index in [0.717, 1.165) is 6.26 Å². The number of hydrogen-bond acceptors (Lipinski definition) is 10. The van der Waals surface area contributed by atoms with Gasteiger partial charge >= 0.3 is 11.9 Å². The molecule has 0 bridgehead atoms. The normalized spacial score (nSPS) is 10.9. The van der Waals surface area contributed by atoms with E-state index in [-0.39, 0.29) is 53.9 Å². The molecule has 5 aromatic carbocycles. The average Bonchev–Trinajstić information content (AvgIpc) is 3.13. The standard InChI is InChI=1S/C21H18ClNO6S.C16H17NO6S/c22-15-5-11-18(12-6-15)30(26,27)23-16-7-9-17(10-8-16)28-13-14-29-20-4-2-1-3-19(20)21(24)25;1-24(20,21)17-12-6-8-13(9-7-12)22-10-11-23-15-5-3-2-4-14(15)16(18)19/h1-12,23H,13-14H2,(H,24,25);2-9,17H,10-11H2,1H3,(H,18,19). The van der Waals surface area contributed by atoms with E-state index >= 15 is 0 Å². The lowest BCUT2D eigenvalue weighted by molar-refractivity contribution is 0.0680. The Bertz CT molecular complexity index is 2230. The number of nitrogens with one attached hydrogen (secondary N) is 2. The Morgan fingerprint density at radius 2 is 0.944 bits per heavy atom. The van der Waals surface area contributed by atoms with Gasteiger partial charge in [-0.05, 0) is 97.1 Å². The second-order valence-corrected chi connectivity index (χ2v) is 14.8. The predicted molar refractivity (Wildman–Crippen MR) is 202 cm³/mol. The van der Waals surface area contributed by atoms with Crippen molar-refractivity contribution in [3.63, 3.8) is 0 Å². The van der Waals surface area contributed by atoms with Gasteiger partial charge in [-0.1, -0.05) is 35.9 Å². The second kappa shape index (κ2) is 19.2. The first-order valence-electron chi connectivity index (χ1n) is 15.8. The van der Waals surface area contributed by atoms with Gasteiger partial charge in [-0.15, -0.1) is 0 Å². The Balaban J connectivity index is 0.000000247. The third-order valence-electron chi connectivity index (χ3n) is 6.84. The summed E-state index contributed by atoms with van der Waals surface area (Å²) in [7, 11) is -7.03. The number of anilines is 2.